The van der Waals surface area contributed by atoms with Gasteiger partial charge < -0.3 is 5.32 Å². The van der Waals surface area contributed by atoms with E-state index in [1.54, 1.807) is 0 Å². The number of nitrogens with zero attached hydrogens (tertiary/aromatic N) is 1. The smallest absolute Gasteiger partial charge is 0.192 e. The summed E-state index contributed by atoms with van der Waals surface area (Å²) in [4.78, 5) is 3.68. The van der Waals surface area contributed by atoms with Crippen LogP contribution in [0.5, 0.6) is 0 Å². The molecule has 0 spiro atoms. The molecule has 0 aliphatic rings. The minimum Gasteiger partial charge on any atom is -0.381 e. The average molecular weight is 244 g/mol. The third-order valence-corrected chi connectivity index (χ3v) is 2.78. The summed E-state index contributed by atoms with van der Waals surface area (Å²) in [6, 6.07) is 4.12. The molecule has 0 aliphatic carbocycles. The second kappa shape index (κ2) is 4.65. The van der Waals surface area contributed by atoms with Crippen LogP contribution < -0.4 is 5.32 Å². The van der Waals surface area contributed by atoms with Gasteiger partial charge in [-0.15, -0.1) is 0 Å². The fourth-order valence-electron chi connectivity index (χ4n) is 1.93. The fourth-order valence-corrected chi connectivity index (χ4v) is 1.93. The first-order valence-electron chi connectivity index (χ1n) is 6.35. The van der Waals surface area contributed by atoms with Gasteiger partial charge in [-0.05, 0) is 50.3 Å². The molecule has 1 aromatic carbocycles. The summed E-state index contributed by atoms with van der Waals surface area (Å²) < 4.78 is 0. The van der Waals surface area contributed by atoms with E-state index in [-0.39, 0.29) is 11.0 Å². The molecule has 0 bridgehead atoms. The van der Waals surface area contributed by atoms with Gasteiger partial charge in [0.15, 0.2) is 5.69 Å². The predicted molar refractivity (Wildman–Crippen MR) is 79.5 cm³/mol. The van der Waals surface area contributed by atoms with Gasteiger partial charge in [-0.1, -0.05) is 26.8 Å². The van der Waals surface area contributed by atoms with Crippen LogP contribution in [0.1, 0.15) is 52.7 Å². The SMILES string of the molecule is [C-]#[N+]c1cc(NC(C)(C)C)c(C)cc1C(C)(C)C. The molecule has 0 atom stereocenters. The zero-order valence-corrected chi connectivity index (χ0v) is 12.6. The highest BCUT2D eigenvalue weighted by atomic mass is 15.0. The zero-order valence-electron chi connectivity index (χ0n) is 12.6. The number of nitrogens with one attached hydrogen (secondary N) is 1. The van der Waals surface area contributed by atoms with Crippen LogP contribution in [-0.2, 0) is 5.41 Å². The minimum absolute atomic E-state index is 0.00487. The third-order valence-electron chi connectivity index (χ3n) is 2.78. The van der Waals surface area contributed by atoms with Crippen molar-refractivity contribution in [3.63, 3.8) is 0 Å². The zero-order chi connectivity index (χ0) is 14.1. The Morgan fingerprint density at radius 1 is 1.06 bits per heavy atom. The van der Waals surface area contributed by atoms with Crippen LogP contribution >= 0.6 is 0 Å². The van der Waals surface area contributed by atoms with Crippen molar-refractivity contribution in [2.24, 2.45) is 0 Å². The highest BCUT2D eigenvalue weighted by Gasteiger charge is 2.20. The Labute approximate surface area is 111 Å². The first-order valence-corrected chi connectivity index (χ1v) is 6.35. The molecule has 1 N–H and O–H groups in total. The van der Waals surface area contributed by atoms with E-state index in [9.17, 15) is 0 Å². The van der Waals surface area contributed by atoms with Gasteiger partial charge in [-0.3, -0.25) is 0 Å². The number of aryl methyl sites for hydroxylation is 1. The van der Waals surface area contributed by atoms with E-state index in [1.807, 2.05) is 6.07 Å². The van der Waals surface area contributed by atoms with Crippen molar-refractivity contribution in [2.45, 2.75) is 59.4 Å². The van der Waals surface area contributed by atoms with Gasteiger partial charge in [0.2, 0.25) is 0 Å². The van der Waals surface area contributed by atoms with E-state index in [0.29, 0.717) is 0 Å². The molecule has 0 amide bonds. The third kappa shape index (κ3) is 3.50. The lowest BCUT2D eigenvalue weighted by Gasteiger charge is -2.27. The van der Waals surface area contributed by atoms with Crippen LogP contribution in [0.3, 0.4) is 0 Å². The Kier molecular flexibility index (Phi) is 3.76. The van der Waals surface area contributed by atoms with Gasteiger partial charge in [0, 0.05) is 11.2 Å². The molecule has 2 nitrogen and oxygen atoms in total. The molecule has 98 valence electrons. The second-order valence-corrected chi connectivity index (χ2v) is 6.92. The van der Waals surface area contributed by atoms with Gasteiger partial charge in [0.25, 0.3) is 0 Å². The van der Waals surface area contributed by atoms with Gasteiger partial charge in [-0.2, -0.15) is 0 Å². The number of anilines is 1. The summed E-state index contributed by atoms with van der Waals surface area (Å²) in [5.41, 5.74) is 4.14. The summed E-state index contributed by atoms with van der Waals surface area (Å²) in [7, 11) is 0. The van der Waals surface area contributed by atoms with Crippen LogP contribution in [-0.4, -0.2) is 5.54 Å². The van der Waals surface area contributed by atoms with Crippen LogP contribution in [0.25, 0.3) is 4.85 Å². The maximum atomic E-state index is 7.36. The molecule has 0 heterocycles. The molecular formula is C16H24N2. The van der Waals surface area contributed by atoms with Crippen molar-refractivity contribution in [3.05, 3.63) is 34.7 Å². The Morgan fingerprint density at radius 2 is 1.61 bits per heavy atom. The highest BCUT2D eigenvalue weighted by molar-refractivity contribution is 5.67. The first kappa shape index (κ1) is 14.6. The van der Waals surface area contributed by atoms with E-state index in [0.717, 1.165) is 16.9 Å². The standard InChI is InChI=1S/C16H24N2/c1-11-9-12(15(2,3)4)14(17-8)10-13(11)18-16(5,6)7/h9-10,18H,1-7H3. The van der Waals surface area contributed by atoms with Gasteiger partial charge >= 0.3 is 0 Å². The molecule has 0 fully saturated rings. The molecule has 0 unspecified atom stereocenters. The summed E-state index contributed by atoms with van der Waals surface area (Å²) in [6.45, 7) is 22.3. The second-order valence-electron chi connectivity index (χ2n) is 6.92. The lowest BCUT2D eigenvalue weighted by Crippen LogP contribution is -2.26. The summed E-state index contributed by atoms with van der Waals surface area (Å²) >= 11 is 0. The topological polar surface area (TPSA) is 16.4 Å². The molecule has 18 heavy (non-hydrogen) atoms. The molecule has 0 saturated heterocycles. The van der Waals surface area contributed by atoms with Gasteiger partial charge in [0.05, 0.1) is 6.57 Å². The van der Waals surface area contributed by atoms with Crippen LogP contribution in [0.15, 0.2) is 12.1 Å². The normalized spacial score (nSPS) is 12.1. The van der Waals surface area contributed by atoms with E-state index >= 15 is 0 Å². The summed E-state index contributed by atoms with van der Waals surface area (Å²) in [5, 5.41) is 3.46. The van der Waals surface area contributed by atoms with Gasteiger partial charge in [0.1, 0.15) is 0 Å². The van der Waals surface area contributed by atoms with Crippen LogP contribution in [0.4, 0.5) is 11.4 Å². The van der Waals surface area contributed by atoms with Crippen molar-refractivity contribution in [1.29, 1.82) is 0 Å². The van der Waals surface area contributed by atoms with Crippen LogP contribution in [0, 0.1) is 13.5 Å². The van der Waals surface area contributed by atoms with Crippen molar-refractivity contribution in [2.75, 3.05) is 5.32 Å². The first-order chi connectivity index (χ1) is 8.04. The molecule has 1 rings (SSSR count). The van der Waals surface area contributed by atoms with Crippen LogP contribution in [0.2, 0.25) is 0 Å². The Bertz CT molecular complexity index is 480. The molecule has 0 radical (unpaired) electrons. The number of hydrogen-bond donors (Lipinski definition) is 1. The van der Waals surface area contributed by atoms with Crippen molar-refractivity contribution in [3.8, 4) is 0 Å². The number of benzene rings is 1. The molecular weight excluding hydrogens is 220 g/mol. The average Bonchev–Trinajstić information content (AvgIpc) is 2.17. The molecule has 0 aromatic heterocycles. The Morgan fingerprint density at radius 3 is 2.00 bits per heavy atom. The molecule has 1 aromatic rings. The minimum atomic E-state index is 0.00487. The van der Waals surface area contributed by atoms with Gasteiger partial charge in [-0.25, -0.2) is 4.85 Å². The van der Waals surface area contributed by atoms with Crippen molar-refractivity contribution in [1.82, 2.24) is 0 Å². The van der Waals surface area contributed by atoms with E-state index in [4.69, 9.17) is 6.57 Å². The molecule has 0 saturated carbocycles. The fraction of sp³-hybridized carbons (Fsp3) is 0.562. The van der Waals surface area contributed by atoms with E-state index in [2.05, 4.69) is 64.7 Å². The summed E-state index contributed by atoms with van der Waals surface area (Å²) in [6.07, 6.45) is 0. The molecule has 0 aliphatic heterocycles. The lowest BCUT2D eigenvalue weighted by molar-refractivity contribution is 0.592. The number of hydrogen-bond acceptors (Lipinski definition) is 1. The largest absolute Gasteiger partial charge is 0.381 e. The monoisotopic (exact) mass is 244 g/mol. The van der Waals surface area contributed by atoms with Crippen molar-refractivity contribution >= 4 is 11.4 Å². The maximum Gasteiger partial charge on any atom is 0.192 e. The van der Waals surface area contributed by atoms with E-state index in [1.165, 1.54) is 5.56 Å². The summed E-state index contributed by atoms with van der Waals surface area (Å²) in [5.74, 6) is 0. The van der Waals surface area contributed by atoms with Crippen molar-refractivity contribution < 1.29 is 0 Å². The van der Waals surface area contributed by atoms with E-state index < -0.39 is 0 Å². The highest BCUT2D eigenvalue weighted by Crippen LogP contribution is 2.36. The molecule has 2 heteroatoms. The lowest BCUT2D eigenvalue weighted by atomic mass is 9.84. The quantitative estimate of drug-likeness (QED) is 0.683. The predicted octanol–water partition coefficient (Wildman–Crippen LogP) is 5.05. The number of rotatable bonds is 1. The maximum absolute atomic E-state index is 7.36. The Balaban J connectivity index is 3.33. The Hall–Kier alpha value is -1.49.